The molecule has 100 valence electrons. The summed E-state index contributed by atoms with van der Waals surface area (Å²) in [6.45, 7) is 4.18. The van der Waals surface area contributed by atoms with Crippen LogP contribution in [0, 0.1) is 0 Å². The minimum absolute atomic E-state index is 0.166. The van der Waals surface area contributed by atoms with Gasteiger partial charge in [-0.3, -0.25) is 10.1 Å². The van der Waals surface area contributed by atoms with Crippen molar-refractivity contribution in [1.29, 1.82) is 0 Å². The lowest BCUT2D eigenvalue weighted by molar-refractivity contribution is -0.149. The van der Waals surface area contributed by atoms with Gasteiger partial charge in [0.05, 0.1) is 6.61 Å². The summed E-state index contributed by atoms with van der Waals surface area (Å²) < 4.78 is 6.16. The number of nitrogens with one attached hydrogen (secondary N) is 1. The maximum Gasteiger partial charge on any atom is 0.326 e. The van der Waals surface area contributed by atoms with E-state index in [0.29, 0.717) is 18.4 Å². The molecule has 0 aromatic carbocycles. The number of carbonyl (C=O) groups is 1. The molecule has 1 atom stereocenters. The van der Waals surface area contributed by atoms with Gasteiger partial charge in [-0.25, -0.2) is 4.98 Å². The van der Waals surface area contributed by atoms with E-state index in [1.165, 1.54) is 0 Å². The Hall–Kier alpha value is -0.590. The predicted octanol–water partition coefficient (Wildman–Crippen LogP) is 2.31. The topological polar surface area (TPSA) is 51.2 Å². The van der Waals surface area contributed by atoms with Crippen LogP contribution in [0.2, 0.25) is 0 Å². The van der Waals surface area contributed by atoms with E-state index in [4.69, 9.17) is 4.74 Å². The number of hydrogen-bond donors (Lipinski definition) is 1. The van der Waals surface area contributed by atoms with Crippen molar-refractivity contribution < 1.29 is 9.53 Å². The van der Waals surface area contributed by atoms with Crippen LogP contribution in [0.1, 0.15) is 26.7 Å². The van der Waals surface area contributed by atoms with Crippen molar-refractivity contribution in [2.24, 2.45) is 0 Å². The SMILES string of the molecule is CCOC(=O)C(C)(CSc1nccs1)NC1CC1. The van der Waals surface area contributed by atoms with Crippen molar-refractivity contribution in [3.05, 3.63) is 11.6 Å². The maximum atomic E-state index is 12.1. The minimum Gasteiger partial charge on any atom is -0.465 e. The summed E-state index contributed by atoms with van der Waals surface area (Å²) in [5.74, 6) is 0.483. The fraction of sp³-hybridized carbons (Fsp3) is 0.667. The van der Waals surface area contributed by atoms with Gasteiger partial charge in [-0.1, -0.05) is 11.8 Å². The second kappa shape index (κ2) is 6.04. The minimum atomic E-state index is -0.618. The molecule has 2 rings (SSSR count). The van der Waals surface area contributed by atoms with Gasteiger partial charge in [0.25, 0.3) is 0 Å². The number of carbonyl (C=O) groups excluding carboxylic acids is 1. The van der Waals surface area contributed by atoms with Crippen molar-refractivity contribution in [2.75, 3.05) is 12.4 Å². The van der Waals surface area contributed by atoms with Gasteiger partial charge in [0.1, 0.15) is 9.88 Å². The first-order chi connectivity index (χ1) is 8.64. The summed E-state index contributed by atoms with van der Waals surface area (Å²) in [5, 5.41) is 5.34. The van der Waals surface area contributed by atoms with Gasteiger partial charge in [-0.2, -0.15) is 0 Å². The summed E-state index contributed by atoms with van der Waals surface area (Å²) in [6.07, 6.45) is 4.08. The van der Waals surface area contributed by atoms with Crippen LogP contribution in [0.3, 0.4) is 0 Å². The number of ether oxygens (including phenoxy) is 1. The number of aromatic nitrogens is 1. The molecule has 1 aliphatic carbocycles. The zero-order valence-electron chi connectivity index (χ0n) is 10.6. The van der Waals surface area contributed by atoms with E-state index >= 15 is 0 Å². The monoisotopic (exact) mass is 286 g/mol. The summed E-state index contributed by atoms with van der Waals surface area (Å²) in [5.41, 5.74) is -0.618. The molecule has 1 aromatic rings. The molecule has 0 aliphatic heterocycles. The van der Waals surface area contributed by atoms with Crippen LogP contribution in [-0.2, 0) is 9.53 Å². The summed E-state index contributed by atoms with van der Waals surface area (Å²) >= 11 is 3.20. The molecular formula is C12H18N2O2S2. The average Bonchev–Trinajstić information content (AvgIpc) is 2.99. The molecule has 0 bridgehead atoms. The van der Waals surface area contributed by atoms with Crippen LogP contribution in [0.5, 0.6) is 0 Å². The Balaban J connectivity index is 1.96. The van der Waals surface area contributed by atoms with E-state index in [-0.39, 0.29) is 5.97 Å². The zero-order chi connectivity index (χ0) is 13.0. The molecule has 1 unspecified atom stereocenters. The Kier molecular flexibility index (Phi) is 4.64. The summed E-state index contributed by atoms with van der Waals surface area (Å²) in [6, 6.07) is 0.469. The molecule has 0 saturated heterocycles. The van der Waals surface area contributed by atoms with Gasteiger partial charge in [-0.15, -0.1) is 11.3 Å². The number of thiazole rings is 1. The highest BCUT2D eigenvalue weighted by Crippen LogP contribution is 2.29. The van der Waals surface area contributed by atoms with Gasteiger partial charge >= 0.3 is 5.97 Å². The highest BCUT2D eigenvalue weighted by atomic mass is 32.2. The lowest BCUT2D eigenvalue weighted by atomic mass is 10.1. The second-order valence-corrected chi connectivity index (χ2v) is 6.67. The second-order valence-electron chi connectivity index (χ2n) is 4.56. The first-order valence-corrected chi connectivity index (χ1v) is 7.98. The highest BCUT2D eigenvalue weighted by Gasteiger charge is 2.39. The van der Waals surface area contributed by atoms with Gasteiger partial charge in [0.15, 0.2) is 0 Å². The van der Waals surface area contributed by atoms with Crippen LogP contribution in [0.15, 0.2) is 15.9 Å². The molecule has 1 N–H and O–H groups in total. The number of rotatable bonds is 7. The molecule has 1 aliphatic rings. The normalized spacial score (nSPS) is 18.3. The fourth-order valence-corrected chi connectivity index (χ4v) is 3.34. The standard InChI is InChI=1S/C12H18N2O2S2/c1-3-16-10(15)12(2,14-9-4-5-9)8-18-11-13-6-7-17-11/h6-7,9,14H,3-5,8H2,1-2H3. The van der Waals surface area contributed by atoms with Crippen molar-refractivity contribution >= 4 is 29.1 Å². The molecule has 18 heavy (non-hydrogen) atoms. The fourth-order valence-electron chi connectivity index (χ4n) is 1.62. The number of thioether (sulfide) groups is 1. The molecule has 1 aromatic heterocycles. The molecule has 0 amide bonds. The molecule has 0 radical (unpaired) electrons. The van der Waals surface area contributed by atoms with Crippen LogP contribution < -0.4 is 5.32 Å². The molecule has 6 heteroatoms. The molecular weight excluding hydrogens is 268 g/mol. The van der Waals surface area contributed by atoms with Crippen LogP contribution in [-0.4, -0.2) is 34.9 Å². The third-order valence-electron chi connectivity index (χ3n) is 2.72. The Morgan fingerprint density at radius 3 is 3.06 bits per heavy atom. The zero-order valence-corrected chi connectivity index (χ0v) is 12.3. The number of esters is 1. The largest absolute Gasteiger partial charge is 0.465 e. The summed E-state index contributed by atoms with van der Waals surface area (Å²) in [4.78, 5) is 16.3. The third-order valence-corrected chi connectivity index (χ3v) is 5.00. The maximum absolute atomic E-state index is 12.1. The summed E-state index contributed by atoms with van der Waals surface area (Å²) in [7, 11) is 0. The van der Waals surface area contributed by atoms with Gasteiger partial charge in [-0.05, 0) is 26.7 Å². The number of nitrogens with zero attached hydrogens (tertiary/aromatic N) is 1. The van der Waals surface area contributed by atoms with E-state index < -0.39 is 5.54 Å². The van der Waals surface area contributed by atoms with E-state index in [1.54, 1.807) is 29.3 Å². The van der Waals surface area contributed by atoms with E-state index in [0.717, 1.165) is 17.2 Å². The smallest absolute Gasteiger partial charge is 0.326 e. The van der Waals surface area contributed by atoms with Gasteiger partial charge in [0, 0.05) is 23.4 Å². The highest BCUT2D eigenvalue weighted by molar-refractivity contribution is 8.01. The first kappa shape index (κ1) is 13.8. The quantitative estimate of drug-likeness (QED) is 0.616. The Morgan fingerprint density at radius 1 is 1.72 bits per heavy atom. The van der Waals surface area contributed by atoms with Crippen LogP contribution in [0.4, 0.5) is 0 Å². The van der Waals surface area contributed by atoms with E-state index in [2.05, 4.69) is 10.3 Å². The Morgan fingerprint density at radius 2 is 2.50 bits per heavy atom. The lowest BCUT2D eigenvalue weighted by Gasteiger charge is -2.27. The van der Waals surface area contributed by atoms with Gasteiger partial charge < -0.3 is 4.74 Å². The Labute approximate surface area is 116 Å². The molecule has 1 saturated carbocycles. The first-order valence-electron chi connectivity index (χ1n) is 6.11. The predicted molar refractivity (Wildman–Crippen MR) is 74.0 cm³/mol. The molecule has 1 fully saturated rings. The van der Waals surface area contributed by atoms with Crippen molar-refractivity contribution in [3.8, 4) is 0 Å². The third kappa shape index (κ3) is 3.70. The van der Waals surface area contributed by atoms with E-state index in [9.17, 15) is 4.79 Å². The molecule has 4 nitrogen and oxygen atoms in total. The molecule has 1 heterocycles. The van der Waals surface area contributed by atoms with Crippen molar-refractivity contribution in [3.63, 3.8) is 0 Å². The van der Waals surface area contributed by atoms with E-state index in [1.807, 2.05) is 19.2 Å². The van der Waals surface area contributed by atoms with Crippen molar-refractivity contribution in [2.45, 2.75) is 42.6 Å². The van der Waals surface area contributed by atoms with Crippen LogP contribution in [0.25, 0.3) is 0 Å². The molecule has 0 spiro atoms. The van der Waals surface area contributed by atoms with Crippen LogP contribution >= 0.6 is 23.1 Å². The van der Waals surface area contributed by atoms with Gasteiger partial charge in [0.2, 0.25) is 0 Å². The average molecular weight is 286 g/mol. The lowest BCUT2D eigenvalue weighted by Crippen LogP contribution is -2.53. The number of hydrogen-bond acceptors (Lipinski definition) is 6. The van der Waals surface area contributed by atoms with Crippen molar-refractivity contribution in [1.82, 2.24) is 10.3 Å². The Bertz CT molecular complexity index is 393.